The van der Waals surface area contributed by atoms with Crippen molar-refractivity contribution in [3.05, 3.63) is 73.8 Å². The molecule has 0 fully saturated rings. The molecule has 1 heterocycles. The van der Waals surface area contributed by atoms with Crippen LogP contribution in [0.5, 0.6) is 0 Å². The Hall–Kier alpha value is -1.31. The molecule has 0 spiro atoms. The molecule has 0 amide bonds. The molecule has 134 valence electrons. The second-order valence-electron chi connectivity index (χ2n) is 5.36. The number of halogens is 4. The molecule has 0 atom stereocenters. The first-order valence-corrected chi connectivity index (χ1v) is 9.74. The second-order valence-corrected chi connectivity index (χ2v) is 7.87. The standard InChI is InChI=1S/C17H12BrCl3N4S/c18-13-9-25(8-10-4-5-14(20)15(21)6-10)24-16(13)23-17(26)22-12-3-1-2-11(19)7-12/h1-7,9H,8H2,(H2,22,23,24,26). The van der Waals surface area contributed by atoms with Crippen LogP contribution >= 0.6 is 63.0 Å². The third kappa shape index (κ3) is 5.11. The fourth-order valence-corrected chi connectivity index (χ4v) is 3.36. The lowest BCUT2D eigenvalue weighted by molar-refractivity contribution is 0.689. The number of anilines is 2. The Morgan fingerprint density at radius 2 is 1.88 bits per heavy atom. The van der Waals surface area contributed by atoms with Crippen molar-refractivity contribution in [3.8, 4) is 0 Å². The molecule has 0 aliphatic carbocycles. The summed E-state index contributed by atoms with van der Waals surface area (Å²) in [5.74, 6) is 0.601. The molecular formula is C17H12BrCl3N4S. The van der Waals surface area contributed by atoms with Gasteiger partial charge in [-0.25, -0.2) is 0 Å². The Morgan fingerprint density at radius 3 is 2.62 bits per heavy atom. The highest BCUT2D eigenvalue weighted by atomic mass is 79.9. The monoisotopic (exact) mass is 488 g/mol. The zero-order valence-electron chi connectivity index (χ0n) is 13.1. The Morgan fingerprint density at radius 1 is 1.08 bits per heavy atom. The van der Waals surface area contributed by atoms with Crippen molar-refractivity contribution in [1.29, 1.82) is 0 Å². The van der Waals surface area contributed by atoms with E-state index in [1.54, 1.807) is 22.9 Å². The number of benzene rings is 2. The van der Waals surface area contributed by atoms with Gasteiger partial charge < -0.3 is 10.6 Å². The number of nitrogens with one attached hydrogen (secondary N) is 2. The van der Waals surface area contributed by atoms with Gasteiger partial charge in [0.1, 0.15) is 0 Å². The molecule has 0 aliphatic rings. The maximum Gasteiger partial charge on any atom is 0.176 e. The molecule has 0 unspecified atom stereocenters. The summed E-state index contributed by atoms with van der Waals surface area (Å²) in [5, 5.41) is 12.7. The fourth-order valence-electron chi connectivity index (χ4n) is 2.22. The molecule has 9 heteroatoms. The van der Waals surface area contributed by atoms with E-state index < -0.39 is 0 Å². The highest BCUT2D eigenvalue weighted by Crippen LogP contribution is 2.25. The van der Waals surface area contributed by atoms with Crippen molar-refractivity contribution in [3.63, 3.8) is 0 Å². The van der Waals surface area contributed by atoms with E-state index >= 15 is 0 Å². The van der Waals surface area contributed by atoms with E-state index in [-0.39, 0.29) is 0 Å². The van der Waals surface area contributed by atoms with E-state index in [0.29, 0.717) is 32.5 Å². The first-order valence-electron chi connectivity index (χ1n) is 7.41. The molecule has 4 nitrogen and oxygen atoms in total. The predicted molar refractivity (Wildman–Crippen MR) is 117 cm³/mol. The molecule has 1 aromatic heterocycles. The summed E-state index contributed by atoms with van der Waals surface area (Å²) in [6.45, 7) is 0.547. The summed E-state index contributed by atoms with van der Waals surface area (Å²) in [5.41, 5.74) is 1.78. The Bertz CT molecular complexity index is 961. The van der Waals surface area contributed by atoms with Crippen LogP contribution < -0.4 is 10.6 Å². The van der Waals surface area contributed by atoms with Crippen LogP contribution in [-0.2, 0) is 6.54 Å². The van der Waals surface area contributed by atoms with E-state index in [0.717, 1.165) is 15.7 Å². The van der Waals surface area contributed by atoms with E-state index in [9.17, 15) is 0 Å². The van der Waals surface area contributed by atoms with Crippen molar-refractivity contribution < 1.29 is 0 Å². The highest BCUT2D eigenvalue weighted by molar-refractivity contribution is 9.10. The molecule has 0 saturated heterocycles. The van der Waals surface area contributed by atoms with Gasteiger partial charge >= 0.3 is 0 Å². The van der Waals surface area contributed by atoms with E-state index in [2.05, 4.69) is 31.7 Å². The largest absolute Gasteiger partial charge is 0.332 e. The quantitative estimate of drug-likeness (QED) is 0.412. The minimum atomic E-state index is 0.410. The number of thiocarbonyl (C=S) groups is 1. The van der Waals surface area contributed by atoms with Crippen molar-refractivity contribution in [1.82, 2.24) is 9.78 Å². The topological polar surface area (TPSA) is 41.9 Å². The first-order chi connectivity index (χ1) is 12.4. The highest BCUT2D eigenvalue weighted by Gasteiger charge is 2.10. The van der Waals surface area contributed by atoms with E-state index in [1.807, 2.05) is 30.5 Å². The van der Waals surface area contributed by atoms with Crippen molar-refractivity contribution >= 4 is 79.6 Å². The normalized spacial score (nSPS) is 10.6. The molecule has 0 aliphatic heterocycles. The summed E-state index contributed by atoms with van der Waals surface area (Å²) in [7, 11) is 0. The average Bonchev–Trinajstić information content (AvgIpc) is 2.90. The molecule has 0 saturated carbocycles. The number of rotatable bonds is 4. The summed E-state index contributed by atoms with van der Waals surface area (Å²) in [4.78, 5) is 0. The Labute approximate surface area is 179 Å². The van der Waals surface area contributed by atoms with Crippen molar-refractivity contribution in [2.24, 2.45) is 0 Å². The Kier molecular flexibility index (Phi) is 6.42. The number of aromatic nitrogens is 2. The maximum absolute atomic E-state index is 6.06. The van der Waals surface area contributed by atoms with Gasteiger partial charge in [-0.1, -0.05) is 46.9 Å². The first kappa shape index (κ1) is 19.5. The molecule has 0 radical (unpaired) electrons. The van der Waals surface area contributed by atoms with Crippen molar-refractivity contribution in [2.45, 2.75) is 6.54 Å². The van der Waals surface area contributed by atoms with Gasteiger partial charge in [0.2, 0.25) is 0 Å². The van der Waals surface area contributed by atoms with Gasteiger partial charge in [0, 0.05) is 16.9 Å². The predicted octanol–water partition coefficient (Wildman–Crippen LogP) is 6.46. The van der Waals surface area contributed by atoms with Crippen LogP contribution in [0.4, 0.5) is 11.5 Å². The van der Waals surface area contributed by atoms with Gasteiger partial charge in [0.15, 0.2) is 10.9 Å². The zero-order chi connectivity index (χ0) is 18.7. The lowest BCUT2D eigenvalue weighted by Gasteiger charge is -2.09. The van der Waals surface area contributed by atoms with Gasteiger partial charge in [0.25, 0.3) is 0 Å². The van der Waals surface area contributed by atoms with Gasteiger partial charge in [-0.05, 0) is 64.0 Å². The van der Waals surface area contributed by atoms with Crippen molar-refractivity contribution in [2.75, 3.05) is 10.6 Å². The number of hydrogen-bond acceptors (Lipinski definition) is 2. The van der Waals surface area contributed by atoms with Crippen LogP contribution in [0.25, 0.3) is 0 Å². The minimum Gasteiger partial charge on any atom is -0.332 e. The molecule has 3 aromatic rings. The molecule has 2 aromatic carbocycles. The van der Waals surface area contributed by atoms with Gasteiger partial charge in [0.05, 0.1) is 21.1 Å². The van der Waals surface area contributed by atoms with Gasteiger partial charge in [-0.3, -0.25) is 4.68 Å². The lowest BCUT2D eigenvalue weighted by atomic mass is 10.2. The SMILES string of the molecule is S=C(Nc1cccc(Cl)c1)Nc1nn(Cc2ccc(Cl)c(Cl)c2)cc1Br. The van der Waals surface area contributed by atoms with E-state index in [4.69, 9.17) is 47.0 Å². The summed E-state index contributed by atoms with van der Waals surface area (Å²) >= 11 is 26.8. The Balaban J connectivity index is 1.67. The minimum absolute atomic E-state index is 0.410. The summed E-state index contributed by atoms with van der Waals surface area (Å²) in [6.07, 6.45) is 1.85. The van der Waals surface area contributed by atoms with Crippen LogP contribution in [-0.4, -0.2) is 14.9 Å². The number of nitrogens with zero attached hydrogens (tertiary/aromatic N) is 2. The van der Waals surface area contributed by atoms with Crippen LogP contribution in [0.15, 0.2) is 53.1 Å². The summed E-state index contributed by atoms with van der Waals surface area (Å²) in [6, 6.07) is 12.8. The van der Waals surface area contributed by atoms with Crippen LogP contribution in [0.3, 0.4) is 0 Å². The smallest absolute Gasteiger partial charge is 0.176 e. The second kappa shape index (κ2) is 8.59. The van der Waals surface area contributed by atoms with Crippen LogP contribution in [0, 0.1) is 0 Å². The third-order valence-corrected chi connectivity index (χ3v) is 5.12. The van der Waals surface area contributed by atoms with E-state index in [1.165, 1.54) is 0 Å². The molecule has 2 N–H and O–H groups in total. The third-order valence-electron chi connectivity index (χ3n) is 3.36. The molecular weight excluding hydrogens is 479 g/mol. The van der Waals surface area contributed by atoms with Crippen LogP contribution in [0.1, 0.15) is 5.56 Å². The molecule has 3 rings (SSSR count). The van der Waals surface area contributed by atoms with Gasteiger partial charge in [-0.15, -0.1) is 0 Å². The fraction of sp³-hybridized carbons (Fsp3) is 0.0588. The maximum atomic E-state index is 6.06. The average molecular weight is 491 g/mol. The number of hydrogen-bond donors (Lipinski definition) is 2. The van der Waals surface area contributed by atoms with Gasteiger partial charge in [-0.2, -0.15) is 5.10 Å². The van der Waals surface area contributed by atoms with Crippen LogP contribution in [0.2, 0.25) is 15.1 Å². The lowest BCUT2D eigenvalue weighted by Crippen LogP contribution is -2.19. The molecule has 26 heavy (non-hydrogen) atoms. The summed E-state index contributed by atoms with van der Waals surface area (Å²) < 4.78 is 2.56. The molecule has 0 bridgehead atoms. The zero-order valence-corrected chi connectivity index (χ0v) is 17.8.